The zero-order chi connectivity index (χ0) is 21.7. The van der Waals surface area contributed by atoms with Gasteiger partial charge in [-0.1, -0.05) is 36.4 Å². The van der Waals surface area contributed by atoms with Gasteiger partial charge >= 0.3 is 11.9 Å². The molecule has 0 bridgehead atoms. The van der Waals surface area contributed by atoms with E-state index >= 15 is 0 Å². The molecule has 0 aliphatic heterocycles. The highest BCUT2D eigenvalue weighted by atomic mass is 32.2. The first-order valence-electron chi connectivity index (χ1n) is 8.37. The molecule has 0 spiro atoms. The number of methoxy groups -OCH3 is 2. The first-order chi connectivity index (χ1) is 13.6. The Morgan fingerprint density at radius 2 is 1.17 bits per heavy atom. The molecule has 8 nitrogen and oxygen atoms in total. The van der Waals surface area contributed by atoms with Crippen molar-refractivity contribution in [3.05, 3.63) is 60.7 Å². The molecule has 0 aliphatic carbocycles. The zero-order valence-corrected chi connectivity index (χ0v) is 17.4. The van der Waals surface area contributed by atoms with Crippen molar-refractivity contribution in [1.82, 2.24) is 0 Å². The maximum Gasteiger partial charge on any atom is 0.321 e. The lowest BCUT2D eigenvalue weighted by Gasteiger charge is -2.23. The molecule has 1 unspecified atom stereocenters. The van der Waals surface area contributed by atoms with Crippen molar-refractivity contribution in [3.63, 3.8) is 0 Å². The van der Waals surface area contributed by atoms with Gasteiger partial charge in [0.2, 0.25) is 0 Å². The molecule has 1 atom stereocenters. The second-order valence-electron chi connectivity index (χ2n) is 6.01. The molecule has 0 aliphatic rings. The highest BCUT2D eigenvalue weighted by molar-refractivity contribution is 7.95. The Morgan fingerprint density at radius 3 is 1.59 bits per heavy atom. The average Bonchev–Trinajstić information content (AvgIpc) is 2.73. The van der Waals surface area contributed by atoms with E-state index in [-0.39, 0.29) is 9.79 Å². The highest BCUT2D eigenvalue weighted by Crippen LogP contribution is 2.27. The molecule has 156 valence electrons. The van der Waals surface area contributed by atoms with Gasteiger partial charge in [-0.15, -0.1) is 0 Å². The van der Waals surface area contributed by atoms with Crippen LogP contribution < -0.4 is 0 Å². The van der Waals surface area contributed by atoms with Crippen LogP contribution in [0.5, 0.6) is 0 Å². The van der Waals surface area contributed by atoms with Crippen molar-refractivity contribution in [2.75, 3.05) is 20.0 Å². The minimum Gasteiger partial charge on any atom is -0.468 e. The zero-order valence-electron chi connectivity index (χ0n) is 15.7. The van der Waals surface area contributed by atoms with E-state index < -0.39 is 48.5 Å². The Kier molecular flexibility index (Phi) is 7.15. The fourth-order valence-corrected chi connectivity index (χ4v) is 6.85. The van der Waals surface area contributed by atoms with Crippen LogP contribution in [-0.2, 0) is 38.7 Å². The monoisotopic (exact) mass is 440 g/mol. The van der Waals surface area contributed by atoms with E-state index in [9.17, 15) is 26.4 Å². The predicted octanol–water partition coefficient (Wildman–Crippen LogP) is 1.26. The number of hydrogen-bond donors (Lipinski definition) is 0. The SMILES string of the molecule is COC(=O)C(C(=O)OC)C(CS(=O)(=O)c1ccccc1)S(=O)(=O)c1ccccc1. The van der Waals surface area contributed by atoms with Crippen LogP contribution in [0.15, 0.2) is 70.5 Å². The summed E-state index contributed by atoms with van der Waals surface area (Å²) in [5, 5.41) is -1.95. The normalized spacial score (nSPS) is 12.9. The second-order valence-corrected chi connectivity index (χ2v) is 10.2. The van der Waals surface area contributed by atoms with Crippen LogP contribution in [0.25, 0.3) is 0 Å². The van der Waals surface area contributed by atoms with Gasteiger partial charge < -0.3 is 9.47 Å². The van der Waals surface area contributed by atoms with Gasteiger partial charge in [0.05, 0.1) is 29.8 Å². The summed E-state index contributed by atoms with van der Waals surface area (Å²) < 4.78 is 61.4. The summed E-state index contributed by atoms with van der Waals surface area (Å²) in [6, 6.07) is 14.1. The Hall–Kier alpha value is -2.72. The molecule has 0 aromatic heterocycles. The molecule has 0 saturated heterocycles. The molecule has 2 aromatic carbocycles. The number of carbonyl (C=O) groups excluding carboxylic acids is 2. The average molecular weight is 440 g/mol. The number of carbonyl (C=O) groups is 2. The lowest BCUT2D eigenvalue weighted by molar-refractivity contribution is -0.158. The van der Waals surface area contributed by atoms with E-state index in [4.69, 9.17) is 0 Å². The van der Waals surface area contributed by atoms with E-state index in [0.717, 1.165) is 14.2 Å². The third-order valence-corrected chi connectivity index (χ3v) is 8.40. The molecule has 2 aromatic rings. The summed E-state index contributed by atoms with van der Waals surface area (Å²) in [5.41, 5.74) is 0. The first-order valence-corrected chi connectivity index (χ1v) is 11.6. The molecular weight excluding hydrogens is 420 g/mol. The summed E-state index contributed by atoms with van der Waals surface area (Å²) in [6.45, 7) is 0. The van der Waals surface area contributed by atoms with Gasteiger partial charge in [-0.2, -0.15) is 0 Å². The molecule has 2 rings (SSSR count). The topological polar surface area (TPSA) is 121 Å². The number of hydrogen-bond acceptors (Lipinski definition) is 8. The molecule has 0 saturated carbocycles. The van der Waals surface area contributed by atoms with Gasteiger partial charge in [-0.3, -0.25) is 9.59 Å². The fraction of sp³-hybridized carbons (Fsp3) is 0.263. The number of ether oxygens (including phenoxy) is 2. The smallest absolute Gasteiger partial charge is 0.321 e. The number of sulfone groups is 2. The summed E-state index contributed by atoms with van der Waals surface area (Å²) in [4.78, 5) is 24.2. The number of esters is 2. The van der Waals surface area contributed by atoms with Gasteiger partial charge in [0, 0.05) is 0 Å². The standard InChI is InChI=1S/C19H20O8S2/c1-26-18(20)17(19(21)27-2)16(29(24,25)15-11-7-4-8-12-15)13-28(22,23)14-9-5-3-6-10-14/h3-12,16-17H,13H2,1-2H3. The summed E-state index contributed by atoms with van der Waals surface area (Å²) in [7, 11) is -6.67. The first kappa shape index (κ1) is 22.6. The molecular formula is C19H20O8S2. The van der Waals surface area contributed by atoms with Crippen LogP contribution in [0.4, 0.5) is 0 Å². The molecule has 0 heterocycles. The largest absolute Gasteiger partial charge is 0.468 e. The minimum atomic E-state index is -4.43. The Balaban J connectivity index is 2.65. The van der Waals surface area contributed by atoms with E-state index in [1.165, 1.54) is 48.5 Å². The van der Waals surface area contributed by atoms with Crippen molar-refractivity contribution >= 4 is 31.6 Å². The van der Waals surface area contributed by atoms with E-state index in [0.29, 0.717) is 0 Å². The van der Waals surface area contributed by atoms with Crippen LogP contribution in [0, 0.1) is 5.92 Å². The Labute approximate surface area is 169 Å². The maximum absolute atomic E-state index is 13.2. The van der Waals surface area contributed by atoms with Gasteiger partial charge in [-0.25, -0.2) is 16.8 Å². The van der Waals surface area contributed by atoms with E-state index in [1.807, 2.05) is 0 Å². The number of benzene rings is 2. The molecule has 0 amide bonds. The van der Waals surface area contributed by atoms with Crippen LogP contribution in [-0.4, -0.2) is 54.0 Å². The van der Waals surface area contributed by atoms with Gasteiger partial charge in [-0.05, 0) is 24.3 Å². The van der Waals surface area contributed by atoms with Crippen molar-refractivity contribution < 1.29 is 35.9 Å². The van der Waals surface area contributed by atoms with Crippen molar-refractivity contribution in [3.8, 4) is 0 Å². The van der Waals surface area contributed by atoms with Crippen LogP contribution in [0.1, 0.15) is 0 Å². The molecule has 29 heavy (non-hydrogen) atoms. The van der Waals surface area contributed by atoms with Gasteiger partial charge in [0.1, 0.15) is 5.25 Å². The van der Waals surface area contributed by atoms with Crippen LogP contribution in [0.3, 0.4) is 0 Å². The van der Waals surface area contributed by atoms with Crippen molar-refractivity contribution in [1.29, 1.82) is 0 Å². The summed E-state index contributed by atoms with van der Waals surface area (Å²) >= 11 is 0. The van der Waals surface area contributed by atoms with E-state index in [1.54, 1.807) is 12.1 Å². The van der Waals surface area contributed by atoms with Crippen LogP contribution in [0.2, 0.25) is 0 Å². The fourth-order valence-electron chi connectivity index (χ4n) is 2.74. The second kappa shape index (κ2) is 9.19. The molecule has 0 radical (unpaired) electrons. The van der Waals surface area contributed by atoms with Crippen molar-refractivity contribution in [2.24, 2.45) is 5.92 Å². The van der Waals surface area contributed by atoms with E-state index in [2.05, 4.69) is 9.47 Å². The van der Waals surface area contributed by atoms with Crippen LogP contribution >= 0.6 is 0 Å². The lowest BCUT2D eigenvalue weighted by Crippen LogP contribution is -2.45. The van der Waals surface area contributed by atoms with Gasteiger partial charge in [0.15, 0.2) is 25.6 Å². The molecule has 0 N–H and O–H groups in total. The lowest BCUT2D eigenvalue weighted by atomic mass is 10.1. The quantitative estimate of drug-likeness (QED) is 0.444. The highest BCUT2D eigenvalue weighted by Gasteiger charge is 2.47. The maximum atomic E-state index is 13.2. The predicted molar refractivity (Wildman–Crippen MR) is 103 cm³/mol. The summed E-state index contributed by atoms with van der Waals surface area (Å²) in [5.74, 6) is -5.40. The third-order valence-electron chi connectivity index (χ3n) is 4.24. The number of rotatable bonds is 8. The summed E-state index contributed by atoms with van der Waals surface area (Å²) in [6.07, 6.45) is 0. The minimum absolute atomic E-state index is 0.137. The van der Waals surface area contributed by atoms with Gasteiger partial charge in [0.25, 0.3) is 0 Å². The molecule has 0 fully saturated rings. The Morgan fingerprint density at radius 1 is 0.759 bits per heavy atom. The van der Waals surface area contributed by atoms with Crippen molar-refractivity contribution in [2.45, 2.75) is 15.0 Å². The molecule has 10 heteroatoms. The Bertz CT molecular complexity index is 1050. The third kappa shape index (κ3) is 5.01.